The van der Waals surface area contributed by atoms with E-state index >= 15 is 0 Å². The third-order valence-corrected chi connectivity index (χ3v) is 6.69. The lowest BCUT2D eigenvalue weighted by Crippen LogP contribution is -2.15. The molecule has 0 saturated heterocycles. The van der Waals surface area contributed by atoms with Gasteiger partial charge < -0.3 is 4.74 Å². The molecule has 0 radical (unpaired) electrons. The summed E-state index contributed by atoms with van der Waals surface area (Å²) < 4.78 is 33.9. The summed E-state index contributed by atoms with van der Waals surface area (Å²) in [7, 11) is 0. The van der Waals surface area contributed by atoms with Gasteiger partial charge in [0.25, 0.3) is 0 Å². The van der Waals surface area contributed by atoms with Crippen LogP contribution >= 0.6 is 0 Å². The number of ether oxygens (including phenoxy) is 1. The number of rotatable bonds is 11. The molecular formula is C28H36F2O. The number of hydrogen-bond acceptors (Lipinski definition) is 1. The van der Waals surface area contributed by atoms with Gasteiger partial charge >= 0.3 is 0 Å². The van der Waals surface area contributed by atoms with E-state index in [0.29, 0.717) is 5.56 Å². The van der Waals surface area contributed by atoms with Crippen molar-refractivity contribution >= 4 is 0 Å². The molecule has 31 heavy (non-hydrogen) atoms. The number of halogens is 2. The highest BCUT2D eigenvalue weighted by atomic mass is 19.2. The fraction of sp³-hybridized carbons (Fsp3) is 0.500. The van der Waals surface area contributed by atoms with Crippen LogP contribution in [0.15, 0.2) is 49.1 Å². The molecule has 0 atom stereocenters. The second-order valence-corrected chi connectivity index (χ2v) is 8.96. The monoisotopic (exact) mass is 426 g/mol. The molecule has 0 heterocycles. The van der Waals surface area contributed by atoms with Crippen molar-refractivity contribution in [2.24, 2.45) is 11.8 Å². The predicted molar refractivity (Wildman–Crippen MR) is 125 cm³/mol. The first-order chi connectivity index (χ1) is 15.1. The summed E-state index contributed by atoms with van der Waals surface area (Å²) >= 11 is 0. The van der Waals surface area contributed by atoms with Crippen molar-refractivity contribution in [3.05, 3.63) is 66.3 Å². The summed E-state index contributed by atoms with van der Waals surface area (Å²) in [6.07, 6.45) is 14.8. The quantitative estimate of drug-likeness (QED) is 0.258. The molecule has 2 aromatic carbocycles. The van der Waals surface area contributed by atoms with Gasteiger partial charge in [-0.1, -0.05) is 95.2 Å². The van der Waals surface area contributed by atoms with Crippen LogP contribution in [0.1, 0.15) is 70.3 Å². The maximum atomic E-state index is 14.5. The Morgan fingerprint density at radius 1 is 0.903 bits per heavy atom. The Morgan fingerprint density at radius 2 is 1.58 bits per heavy atom. The zero-order valence-corrected chi connectivity index (χ0v) is 18.8. The van der Waals surface area contributed by atoms with E-state index in [9.17, 15) is 8.78 Å². The maximum absolute atomic E-state index is 14.5. The number of unbranched alkanes of at least 4 members (excludes halogenated alkanes) is 2. The molecule has 1 nitrogen and oxygen atoms in total. The van der Waals surface area contributed by atoms with Crippen LogP contribution in [-0.4, -0.2) is 6.61 Å². The Bertz CT molecular complexity index is 820. The van der Waals surface area contributed by atoms with E-state index in [-0.39, 0.29) is 17.9 Å². The highest BCUT2D eigenvalue weighted by Crippen LogP contribution is 2.35. The largest absolute Gasteiger partial charge is 0.486 e. The zero-order valence-electron chi connectivity index (χ0n) is 18.8. The van der Waals surface area contributed by atoms with Gasteiger partial charge in [0.2, 0.25) is 5.82 Å². The normalized spacial score (nSPS) is 18.7. The Morgan fingerprint density at radius 3 is 2.23 bits per heavy atom. The molecule has 1 saturated carbocycles. The third-order valence-electron chi connectivity index (χ3n) is 6.69. The van der Waals surface area contributed by atoms with Gasteiger partial charge in [-0.2, -0.15) is 4.39 Å². The summed E-state index contributed by atoms with van der Waals surface area (Å²) in [5.74, 6) is -0.126. The summed E-state index contributed by atoms with van der Waals surface area (Å²) in [5.41, 5.74) is 2.21. The van der Waals surface area contributed by atoms with Crippen LogP contribution in [0.5, 0.6) is 5.75 Å². The number of benzene rings is 2. The van der Waals surface area contributed by atoms with Gasteiger partial charge in [0, 0.05) is 5.56 Å². The number of hydrogen-bond donors (Lipinski definition) is 0. The van der Waals surface area contributed by atoms with Gasteiger partial charge in [0.1, 0.15) is 6.61 Å². The third kappa shape index (κ3) is 6.66. The second kappa shape index (κ2) is 12.0. The minimum absolute atomic E-state index is 0.0853. The van der Waals surface area contributed by atoms with Crippen molar-refractivity contribution in [3.63, 3.8) is 0 Å². The molecule has 168 valence electrons. The Hall–Kier alpha value is -2.16. The van der Waals surface area contributed by atoms with Crippen LogP contribution in [0.2, 0.25) is 0 Å². The average Bonchev–Trinajstić information content (AvgIpc) is 2.80. The van der Waals surface area contributed by atoms with Gasteiger partial charge in [0.15, 0.2) is 11.6 Å². The van der Waals surface area contributed by atoms with Crippen LogP contribution in [0.3, 0.4) is 0 Å². The van der Waals surface area contributed by atoms with E-state index in [0.717, 1.165) is 18.3 Å². The van der Waals surface area contributed by atoms with Gasteiger partial charge in [-0.25, -0.2) is 4.39 Å². The first-order valence-corrected chi connectivity index (χ1v) is 11.9. The molecule has 1 aliphatic carbocycles. The highest BCUT2D eigenvalue weighted by Gasteiger charge is 2.21. The zero-order chi connectivity index (χ0) is 22.1. The molecule has 1 fully saturated rings. The lowest BCUT2D eigenvalue weighted by molar-refractivity contribution is 0.249. The minimum atomic E-state index is -0.950. The van der Waals surface area contributed by atoms with Crippen molar-refractivity contribution in [1.29, 1.82) is 0 Å². The van der Waals surface area contributed by atoms with E-state index in [2.05, 4.69) is 13.5 Å². The first-order valence-electron chi connectivity index (χ1n) is 11.9. The fourth-order valence-electron chi connectivity index (χ4n) is 4.73. The van der Waals surface area contributed by atoms with Crippen LogP contribution in [0, 0.1) is 23.5 Å². The molecule has 3 heteroatoms. The molecule has 0 aromatic heterocycles. The summed E-state index contributed by atoms with van der Waals surface area (Å²) in [4.78, 5) is 0. The topological polar surface area (TPSA) is 9.23 Å². The van der Waals surface area contributed by atoms with Gasteiger partial charge in [-0.3, -0.25) is 0 Å². The van der Waals surface area contributed by atoms with Crippen LogP contribution in [0.25, 0.3) is 11.1 Å². The number of aryl methyl sites for hydroxylation is 1. The van der Waals surface area contributed by atoms with Crippen molar-refractivity contribution in [2.75, 3.05) is 6.61 Å². The average molecular weight is 427 g/mol. The second-order valence-electron chi connectivity index (χ2n) is 8.96. The van der Waals surface area contributed by atoms with E-state index in [4.69, 9.17) is 4.74 Å². The molecule has 3 rings (SSSR count). The standard InChI is InChI=1S/C28H36F2O/c1-3-5-6-7-21-8-10-22(11-9-21)12-13-23-14-16-24(17-15-23)25-18-19-26(31-20-4-2)28(30)27(25)29/h4,14-19,21-22H,2-3,5-13,20H2,1H3. The molecule has 2 aromatic rings. The Kier molecular flexibility index (Phi) is 9.12. The lowest BCUT2D eigenvalue weighted by atomic mass is 9.78. The molecule has 1 aliphatic rings. The molecule has 0 aliphatic heterocycles. The van der Waals surface area contributed by atoms with Crippen LogP contribution in [-0.2, 0) is 6.42 Å². The smallest absolute Gasteiger partial charge is 0.201 e. The van der Waals surface area contributed by atoms with Crippen molar-refractivity contribution in [1.82, 2.24) is 0 Å². The molecule has 0 spiro atoms. The Labute approximate surface area is 186 Å². The Balaban J connectivity index is 1.51. The molecule has 0 N–H and O–H groups in total. The van der Waals surface area contributed by atoms with E-state index in [1.807, 2.05) is 24.3 Å². The molecular weight excluding hydrogens is 390 g/mol. The molecule has 0 amide bonds. The predicted octanol–water partition coefficient (Wildman–Crippen LogP) is 8.52. The minimum Gasteiger partial charge on any atom is -0.486 e. The van der Waals surface area contributed by atoms with Crippen LogP contribution < -0.4 is 4.74 Å². The lowest BCUT2D eigenvalue weighted by Gasteiger charge is -2.28. The molecule has 0 unspecified atom stereocenters. The van der Waals surface area contributed by atoms with E-state index in [1.165, 1.54) is 75.5 Å². The summed E-state index contributed by atoms with van der Waals surface area (Å²) in [6.45, 7) is 5.94. The van der Waals surface area contributed by atoms with E-state index < -0.39 is 11.6 Å². The van der Waals surface area contributed by atoms with E-state index in [1.54, 1.807) is 6.07 Å². The summed E-state index contributed by atoms with van der Waals surface area (Å²) in [5, 5.41) is 0. The fourth-order valence-corrected chi connectivity index (χ4v) is 4.73. The van der Waals surface area contributed by atoms with Gasteiger partial charge in [0.05, 0.1) is 0 Å². The van der Waals surface area contributed by atoms with Crippen molar-refractivity contribution in [2.45, 2.75) is 71.1 Å². The van der Waals surface area contributed by atoms with Crippen LogP contribution in [0.4, 0.5) is 8.78 Å². The first kappa shape index (κ1) is 23.5. The van der Waals surface area contributed by atoms with Gasteiger partial charge in [-0.05, 0) is 47.9 Å². The molecule has 0 bridgehead atoms. The summed E-state index contributed by atoms with van der Waals surface area (Å²) in [6, 6.07) is 10.9. The van der Waals surface area contributed by atoms with Crippen molar-refractivity contribution in [3.8, 4) is 16.9 Å². The SMILES string of the molecule is C=CCOc1ccc(-c2ccc(CCC3CCC(CCCCC)CC3)cc2)c(F)c1F. The van der Waals surface area contributed by atoms with Gasteiger partial charge in [-0.15, -0.1) is 0 Å². The van der Waals surface area contributed by atoms with Crippen molar-refractivity contribution < 1.29 is 13.5 Å². The highest BCUT2D eigenvalue weighted by molar-refractivity contribution is 5.65. The maximum Gasteiger partial charge on any atom is 0.201 e.